The third-order valence-corrected chi connectivity index (χ3v) is 9.46. The van der Waals surface area contributed by atoms with Gasteiger partial charge in [-0.05, 0) is 68.1 Å². The Labute approximate surface area is 252 Å². The van der Waals surface area contributed by atoms with Crippen molar-refractivity contribution in [1.29, 1.82) is 0 Å². The van der Waals surface area contributed by atoms with Gasteiger partial charge in [0.15, 0.2) is 11.5 Å². The van der Waals surface area contributed by atoms with E-state index in [1.54, 1.807) is 6.92 Å². The summed E-state index contributed by atoms with van der Waals surface area (Å²) in [6.07, 6.45) is 4.32. The fourth-order valence-electron chi connectivity index (χ4n) is 5.20. The molecule has 1 aliphatic carbocycles. The highest BCUT2D eigenvalue weighted by atomic mass is 32.2. The van der Waals surface area contributed by atoms with Crippen LogP contribution in [0.3, 0.4) is 0 Å². The second-order valence-electron chi connectivity index (χ2n) is 10.5. The van der Waals surface area contributed by atoms with Gasteiger partial charge in [-0.15, -0.1) is 0 Å². The summed E-state index contributed by atoms with van der Waals surface area (Å²) in [6.45, 7) is 1.23. The predicted molar refractivity (Wildman–Crippen MR) is 162 cm³/mol. The molecule has 11 heteroatoms. The molecule has 1 fully saturated rings. The van der Waals surface area contributed by atoms with Gasteiger partial charge in [0.05, 0.1) is 24.8 Å². The lowest BCUT2D eigenvalue weighted by Gasteiger charge is -2.32. The Morgan fingerprint density at radius 3 is 2.23 bits per heavy atom. The molecule has 4 rings (SSSR count). The van der Waals surface area contributed by atoms with E-state index in [4.69, 9.17) is 9.47 Å². The van der Waals surface area contributed by atoms with Crippen LogP contribution in [-0.4, -0.2) is 64.5 Å². The summed E-state index contributed by atoms with van der Waals surface area (Å²) in [7, 11) is -1.54. The summed E-state index contributed by atoms with van der Waals surface area (Å²) in [4.78, 5) is 28.6. The molecule has 0 bridgehead atoms. The molecule has 1 saturated carbocycles. The maximum atomic E-state index is 14.0. The van der Waals surface area contributed by atoms with Gasteiger partial charge in [-0.1, -0.05) is 43.2 Å². The lowest BCUT2D eigenvalue weighted by molar-refractivity contribution is -0.139. The minimum atomic E-state index is -4.36. The summed E-state index contributed by atoms with van der Waals surface area (Å²) in [5.41, 5.74) is 1.06. The van der Waals surface area contributed by atoms with E-state index >= 15 is 0 Å². The van der Waals surface area contributed by atoms with Crippen LogP contribution >= 0.6 is 0 Å². The second kappa shape index (κ2) is 14.4. The van der Waals surface area contributed by atoms with Crippen molar-refractivity contribution in [3.63, 3.8) is 0 Å². The molecule has 0 aliphatic heterocycles. The minimum absolute atomic E-state index is 0.0576. The van der Waals surface area contributed by atoms with Crippen molar-refractivity contribution in [1.82, 2.24) is 10.2 Å². The van der Waals surface area contributed by atoms with Gasteiger partial charge in [0.2, 0.25) is 11.8 Å². The predicted octanol–water partition coefficient (Wildman–Crippen LogP) is 4.56. The van der Waals surface area contributed by atoms with E-state index in [2.05, 4.69) is 5.32 Å². The molecular weight excluding hydrogens is 573 g/mol. The number of benzene rings is 3. The van der Waals surface area contributed by atoms with Crippen molar-refractivity contribution in [2.75, 3.05) is 31.6 Å². The summed E-state index contributed by atoms with van der Waals surface area (Å²) < 4.78 is 53.4. The van der Waals surface area contributed by atoms with Crippen LogP contribution in [0.4, 0.5) is 10.1 Å². The molecule has 0 radical (unpaired) electrons. The van der Waals surface area contributed by atoms with Crippen molar-refractivity contribution in [3.8, 4) is 11.5 Å². The third kappa shape index (κ3) is 7.84. The van der Waals surface area contributed by atoms with E-state index in [0.717, 1.165) is 47.7 Å². The van der Waals surface area contributed by atoms with E-state index < -0.39 is 34.3 Å². The average molecular weight is 612 g/mol. The molecule has 0 unspecified atom stereocenters. The number of halogens is 1. The van der Waals surface area contributed by atoms with Gasteiger partial charge in [-0.3, -0.25) is 13.9 Å². The van der Waals surface area contributed by atoms with Gasteiger partial charge in [0, 0.05) is 18.7 Å². The first kappa shape index (κ1) is 31.8. The van der Waals surface area contributed by atoms with Crippen LogP contribution in [0.2, 0.25) is 0 Å². The molecule has 230 valence electrons. The van der Waals surface area contributed by atoms with Crippen LogP contribution in [0, 0.1) is 5.82 Å². The summed E-state index contributed by atoms with van der Waals surface area (Å²) in [5, 5.41) is 3.05. The first-order chi connectivity index (χ1) is 20.6. The zero-order valence-corrected chi connectivity index (χ0v) is 25.5. The number of nitrogens with zero attached hydrogens (tertiary/aromatic N) is 2. The molecule has 2 amide bonds. The van der Waals surface area contributed by atoms with Crippen LogP contribution in [0.5, 0.6) is 11.5 Å². The molecule has 1 aliphatic rings. The van der Waals surface area contributed by atoms with Crippen molar-refractivity contribution >= 4 is 27.5 Å². The molecule has 0 spiro atoms. The number of nitrogens with one attached hydrogen (secondary N) is 1. The summed E-state index contributed by atoms with van der Waals surface area (Å²) >= 11 is 0. The zero-order valence-electron chi connectivity index (χ0n) is 24.7. The van der Waals surface area contributed by atoms with Crippen LogP contribution in [0.1, 0.15) is 38.2 Å². The lowest BCUT2D eigenvalue weighted by Crippen LogP contribution is -2.53. The number of sulfonamides is 1. The van der Waals surface area contributed by atoms with E-state index in [0.29, 0.717) is 12.2 Å². The number of carbonyl (C=O) groups is 2. The number of rotatable bonds is 13. The topological polar surface area (TPSA) is 105 Å². The fraction of sp³-hybridized carbons (Fsp3) is 0.375. The number of ether oxygens (including phenoxy) is 2. The number of carbonyl (C=O) groups excluding carboxylic acids is 2. The fourth-order valence-corrected chi connectivity index (χ4v) is 6.63. The molecule has 3 aromatic rings. The van der Waals surface area contributed by atoms with Crippen LogP contribution in [0.15, 0.2) is 77.7 Å². The molecule has 0 aromatic heterocycles. The standard InChI is InChI=1S/C32H38FN3O6S/c1-23(32(38)34-26-11-7-8-12-26)35(20-19-24-9-5-4-6-10-24)31(37)22-36(27-15-13-25(33)14-16-27)43(39,40)28-17-18-29(41-2)30(21-28)42-3/h4-6,9-10,13-18,21,23,26H,7-8,11-12,19-20,22H2,1-3H3,(H,34,38)/t23-/m1/s1. The Hall–Kier alpha value is -4.12. The number of hydrogen-bond donors (Lipinski definition) is 1. The van der Waals surface area contributed by atoms with Crippen LogP contribution in [-0.2, 0) is 26.0 Å². The molecule has 1 atom stereocenters. The lowest BCUT2D eigenvalue weighted by atomic mass is 10.1. The van der Waals surface area contributed by atoms with Crippen molar-refractivity contribution in [2.24, 2.45) is 0 Å². The maximum absolute atomic E-state index is 14.0. The van der Waals surface area contributed by atoms with Gasteiger partial charge in [-0.25, -0.2) is 12.8 Å². The largest absolute Gasteiger partial charge is 0.493 e. The molecular formula is C32H38FN3O6S. The summed E-state index contributed by atoms with van der Waals surface area (Å²) in [5.74, 6) is -0.890. The van der Waals surface area contributed by atoms with Crippen molar-refractivity contribution in [3.05, 3.63) is 84.2 Å². The van der Waals surface area contributed by atoms with E-state index in [9.17, 15) is 22.4 Å². The average Bonchev–Trinajstić information content (AvgIpc) is 3.53. The third-order valence-electron chi connectivity index (χ3n) is 7.69. The second-order valence-corrected chi connectivity index (χ2v) is 12.4. The minimum Gasteiger partial charge on any atom is -0.493 e. The summed E-state index contributed by atoms with van der Waals surface area (Å²) in [6, 6.07) is 17.7. The van der Waals surface area contributed by atoms with Gasteiger partial charge in [-0.2, -0.15) is 0 Å². The van der Waals surface area contributed by atoms with E-state index in [1.165, 1.54) is 49.5 Å². The quantitative estimate of drug-likeness (QED) is 0.304. The SMILES string of the molecule is COc1ccc(S(=O)(=O)N(CC(=O)N(CCc2ccccc2)[C@H](C)C(=O)NC2CCCC2)c2ccc(F)cc2)cc1OC. The Morgan fingerprint density at radius 2 is 1.60 bits per heavy atom. The highest BCUT2D eigenvalue weighted by Gasteiger charge is 2.33. The Morgan fingerprint density at radius 1 is 0.953 bits per heavy atom. The highest BCUT2D eigenvalue weighted by Crippen LogP contribution is 2.32. The first-order valence-electron chi connectivity index (χ1n) is 14.3. The van der Waals surface area contributed by atoms with E-state index in [1.807, 2.05) is 30.3 Å². The number of methoxy groups -OCH3 is 2. The highest BCUT2D eigenvalue weighted by molar-refractivity contribution is 7.92. The van der Waals surface area contributed by atoms with E-state index in [-0.39, 0.29) is 34.8 Å². The van der Waals surface area contributed by atoms with Gasteiger partial charge >= 0.3 is 0 Å². The molecule has 0 heterocycles. The van der Waals surface area contributed by atoms with Gasteiger partial charge < -0.3 is 19.7 Å². The molecule has 1 N–H and O–H groups in total. The number of amides is 2. The first-order valence-corrected chi connectivity index (χ1v) is 15.7. The van der Waals surface area contributed by atoms with Gasteiger partial charge in [0.1, 0.15) is 18.4 Å². The van der Waals surface area contributed by atoms with Crippen molar-refractivity contribution in [2.45, 2.75) is 56.0 Å². The Balaban J connectivity index is 1.67. The molecule has 3 aromatic carbocycles. The van der Waals surface area contributed by atoms with Crippen molar-refractivity contribution < 1.29 is 31.9 Å². The molecule has 43 heavy (non-hydrogen) atoms. The number of anilines is 1. The maximum Gasteiger partial charge on any atom is 0.264 e. The normalized spacial score (nSPS) is 14.1. The zero-order chi connectivity index (χ0) is 31.0. The van der Waals surface area contributed by atoms with Crippen LogP contribution < -0.4 is 19.1 Å². The smallest absolute Gasteiger partial charge is 0.264 e. The Kier molecular flexibility index (Phi) is 10.6. The molecule has 0 saturated heterocycles. The van der Waals surface area contributed by atoms with Gasteiger partial charge in [0.25, 0.3) is 10.0 Å². The monoisotopic (exact) mass is 611 g/mol. The van der Waals surface area contributed by atoms with Crippen LogP contribution in [0.25, 0.3) is 0 Å². The molecule has 9 nitrogen and oxygen atoms in total. The Bertz CT molecular complexity index is 1500. The number of hydrogen-bond acceptors (Lipinski definition) is 6.